The minimum atomic E-state index is 0.349. The van der Waals surface area contributed by atoms with E-state index in [4.69, 9.17) is 5.73 Å². The molecule has 2 aromatic carbocycles. The van der Waals surface area contributed by atoms with Gasteiger partial charge < -0.3 is 10.6 Å². The highest BCUT2D eigenvalue weighted by molar-refractivity contribution is 5.31. The Morgan fingerprint density at radius 3 is 1.79 bits per heavy atom. The van der Waals surface area contributed by atoms with Gasteiger partial charge in [-0.25, -0.2) is 0 Å². The Hall–Kier alpha value is -1.68. The molecule has 1 aliphatic rings. The van der Waals surface area contributed by atoms with Crippen LogP contribution in [0.1, 0.15) is 24.1 Å². The molecule has 0 aliphatic carbocycles. The first-order valence-corrected chi connectivity index (χ1v) is 9.04. The van der Waals surface area contributed by atoms with Crippen molar-refractivity contribution in [2.45, 2.75) is 13.0 Å². The SMILES string of the molecule is CC(CN)CN1CCN(C(c2ccccc2)c2ccccc2)CC1. The van der Waals surface area contributed by atoms with Gasteiger partial charge in [0.2, 0.25) is 0 Å². The summed E-state index contributed by atoms with van der Waals surface area (Å²) in [4.78, 5) is 5.18. The Morgan fingerprint density at radius 2 is 1.33 bits per heavy atom. The summed E-state index contributed by atoms with van der Waals surface area (Å²) in [5.41, 5.74) is 8.54. The smallest absolute Gasteiger partial charge is 0.0602 e. The van der Waals surface area contributed by atoms with Crippen molar-refractivity contribution in [1.82, 2.24) is 9.80 Å². The molecule has 2 aromatic rings. The van der Waals surface area contributed by atoms with E-state index in [1.807, 2.05) is 0 Å². The van der Waals surface area contributed by atoms with Gasteiger partial charge in [0.05, 0.1) is 6.04 Å². The van der Waals surface area contributed by atoms with Crippen molar-refractivity contribution in [2.75, 3.05) is 39.3 Å². The normalized spacial score (nSPS) is 18.0. The van der Waals surface area contributed by atoms with Crippen molar-refractivity contribution in [3.8, 4) is 0 Å². The van der Waals surface area contributed by atoms with E-state index < -0.39 is 0 Å². The predicted octanol–water partition coefficient (Wildman–Crippen LogP) is 2.99. The van der Waals surface area contributed by atoms with Gasteiger partial charge in [0, 0.05) is 32.7 Å². The van der Waals surface area contributed by atoms with Gasteiger partial charge >= 0.3 is 0 Å². The molecule has 1 fully saturated rings. The van der Waals surface area contributed by atoms with E-state index in [0.29, 0.717) is 12.0 Å². The fraction of sp³-hybridized carbons (Fsp3) is 0.429. The highest BCUT2D eigenvalue weighted by Crippen LogP contribution is 2.29. The molecule has 3 rings (SSSR count). The molecular weight excluding hydrogens is 294 g/mol. The topological polar surface area (TPSA) is 32.5 Å². The van der Waals surface area contributed by atoms with E-state index in [-0.39, 0.29) is 0 Å². The lowest BCUT2D eigenvalue weighted by Crippen LogP contribution is -2.49. The minimum absolute atomic E-state index is 0.349. The van der Waals surface area contributed by atoms with Crippen LogP contribution in [0.4, 0.5) is 0 Å². The lowest BCUT2D eigenvalue weighted by Gasteiger charge is -2.40. The van der Waals surface area contributed by atoms with Gasteiger partial charge in [-0.1, -0.05) is 67.6 Å². The highest BCUT2D eigenvalue weighted by Gasteiger charge is 2.26. The maximum atomic E-state index is 5.78. The van der Waals surface area contributed by atoms with E-state index >= 15 is 0 Å². The number of hydrogen-bond acceptors (Lipinski definition) is 3. The summed E-state index contributed by atoms with van der Waals surface area (Å²) < 4.78 is 0. The molecule has 24 heavy (non-hydrogen) atoms. The fourth-order valence-corrected chi connectivity index (χ4v) is 3.60. The quantitative estimate of drug-likeness (QED) is 0.887. The average molecular weight is 323 g/mol. The Kier molecular flexibility index (Phi) is 6.02. The molecule has 1 unspecified atom stereocenters. The Labute approximate surface area is 146 Å². The molecular formula is C21H29N3. The Balaban J connectivity index is 1.74. The fourth-order valence-electron chi connectivity index (χ4n) is 3.60. The van der Waals surface area contributed by atoms with Crippen molar-refractivity contribution in [3.05, 3.63) is 71.8 Å². The summed E-state index contributed by atoms with van der Waals surface area (Å²) in [7, 11) is 0. The molecule has 1 atom stereocenters. The van der Waals surface area contributed by atoms with Crippen LogP contribution in [0.15, 0.2) is 60.7 Å². The van der Waals surface area contributed by atoms with Gasteiger partial charge in [-0.2, -0.15) is 0 Å². The van der Waals surface area contributed by atoms with Crippen molar-refractivity contribution >= 4 is 0 Å². The summed E-state index contributed by atoms with van der Waals surface area (Å²) in [5, 5.41) is 0. The third-order valence-corrected chi connectivity index (χ3v) is 4.97. The molecule has 0 saturated carbocycles. The summed E-state index contributed by atoms with van der Waals surface area (Å²) in [6.45, 7) is 8.59. The Morgan fingerprint density at radius 1 is 0.833 bits per heavy atom. The largest absolute Gasteiger partial charge is 0.330 e. The maximum absolute atomic E-state index is 5.78. The number of hydrogen-bond donors (Lipinski definition) is 1. The first-order chi connectivity index (χ1) is 11.8. The van der Waals surface area contributed by atoms with Crippen LogP contribution in [-0.4, -0.2) is 49.1 Å². The van der Waals surface area contributed by atoms with E-state index in [1.165, 1.54) is 11.1 Å². The van der Waals surface area contributed by atoms with Crippen LogP contribution < -0.4 is 5.73 Å². The third-order valence-electron chi connectivity index (χ3n) is 4.97. The van der Waals surface area contributed by atoms with Gasteiger partial charge in [-0.15, -0.1) is 0 Å². The zero-order valence-electron chi connectivity index (χ0n) is 14.6. The summed E-state index contributed by atoms with van der Waals surface area (Å²) in [6.07, 6.45) is 0. The first-order valence-electron chi connectivity index (χ1n) is 9.04. The van der Waals surface area contributed by atoms with Crippen LogP contribution in [0.25, 0.3) is 0 Å². The van der Waals surface area contributed by atoms with Crippen LogP contribution in [0.2, 0.25) is 0 Å². The lowest BCUT2D eigenvalue weighted by atomic mass is 9.96. The molecule has 0 spiro atoms. The van der Waals surface area contributed by atoms with E-state index in [1.54, 1.807) is 0 Å². The van der Waals surface area contributed by atoms with Gasteiger partial charge in [0.15, 0.2) is 0 Å². The van der Waals surface area contributed by atoms with E-state index in [0.717, 1.165) is 39.3 Å². The molecule has 2 N–H and O–H groups in total. The first kappa shape index (κ1) is 17.2. The van der Waals surface area contributed by atoms with Gasteiger partial charge in [0.25, 0.3) is 0 Å². The molecule has 1 heterocycles. The number of benzene rings is 2. The number of nitrogens with zero attached hydrogens (tertiary/aromatic N) is 2. The van der Waals surface area contributed by atoms with E-state index in [2.05, 4.69) is 77.4 Å². The standard InChI is InChI=1S/C21H29N3/c1-18(16-22)17-23-12-14-24(15-13-23)21(19-8-4-2-5-9-19)20-10-6-3-7-11-20/h2-11,18,21H,12-17,22H2,1H3. The molecule has 0 radical (unpaired) electrons. The van der Waals surface area contributed by atoms with Crippen molar-refractivity contribution in [1.29, 1.82) is 0 Å². The monoisotopic (exact) mass is 323 g/mol. The zero-order chi connectivity index (χ0) is 16.8. The number of rotatable bonds is 6. The maximum Gasteiger partial charge on any atom is 0.0602 e. The van der Waals surface area contributed by atoms with Gasteiger partial charge in [-0.05, 0) is 23.6 Å². The second kappa shape index (κ2) is 8.43. The summed E-state index contributed by atoms with van der Waals surface area (Å²) in [5.74, 6) is 0.579. The predicted molar refractivity (Wildman–Crippen MR) is 101 cm³/mol. The van der Waals surface area contributed by atoms with Crippen LogP contribution >= 0.6 is 0 Å². The minimum Gasteiger partial charge on any atom is -0.330 e. The van der Waals surface area contributed by atoms with Crippen LogP contribution in [-0.2, 0) is 0 Å². The van der Waals surface area contributed by atoms with Gasteiger partial charge in [-0.3, -0.25) is 4.90 Å². The second-order valence-corrected chi connectivity index (χ2v) is 6.90. The lowest BCUT2D eigenvalue weighted by molar-refractivity contribution is 0.100. The number of piperazine rings is 1. The third kappa shape index (κ3) is 4.23. The summed E-state index contributed by atoms with van der Waals surface area (Å²) in [6, 6.07) is 22.1. The van der Waals surface area contributed by atoms with Crippen LogP contribution in [0.5, 0.6) is 0 Å². The van der Waals surface area contributed by atoms with Crippen LogP contribution in [0.3, 0.4) is 0 Å². The Bertz CT molecular complexity index is 551. The van der Waals surface area contributed by atoms with Crippen molar-refractivity contribution in [3.63, 3.8) is 0 Å². The van der Waals surface area contributed by atoms with Gasteiger partial charge in [0.1, 0.15) is 0 Å². The summed E-state index contributed by atoms with van der Waals surface area (Å²) >= 11 is 0. The molecule has 0 bridgehead atoms. The molecule has 3 nitrogen and oxygen atoms in total. The van der Waals surface area contributed by atoms with Crippen molar-refractivity contribution in [2.24, 2.45) is 11.7 Å². The molecule has 1 saturated heterocycles. The molecule has 0 aromatic heterocycles. The van der Waals surface area contributed by atoms with Crippen LogP contribution in [0, 0.1) is 5.92 Å². The number of nitrogens with two attached hydrogens (primary N) is 1. The molecule has 128 valence electrons. The van der Waals surface area contributed by atoms with E-state index in [9.17, 15) is 0 Å². The average Bonchev–Trinajstić information content (AvgIpc) is 2.65. The molecule has 0 amide bonds. The molecule has 3 heteroatoms. The zero-order valence-corrected chi connectivity index (χ0v) is 14.6. The molecule has 1 aliphatic heterocycles. The van der Waals surface area contributed by atoms with Crippen molar-refractivity contribution < 1.29 is 0 Å². The highest BCUT2D eigenvalue weighted by atomic mass is 15.3. The second-order valence-electron chi connectivity index (χ2n) is 6.90.